The molecule has 0 bridgehead atoms. The highest BCUT2D eigenvalue weighted by Gasteiger charge is 2.32. The average Bonchev–Trinajstić information content (AvgIpc) is 2.69. The van der Waals surface area contributed by atoms with Crippen molar-refractivity contribution in [1.82, 2.24) is 0 Å². The molecule has 0 radical (unpaired) electrons. The second-order valence-electron chi connectivity index (χ2n) is 4.03. The molecule has 1 aromatic carbocycles. The lowest BCUT2D eigenvalue weighted by molar-refractivity contribution is -0.446. The van der Waals surface area contributed by atoms with Gasteiger partial charge in [-0.3, -0.25) is 4.79 Å². The van der Waals surface area contributed by atoms with Gasteiger partial charge >= 0.3 is 0 Å². The number of allylic oxidation sites excluding steroid dienone is 2. The first-order valence-corrected chi connectivity index (χ1v) is 5.44. The highest BCUT2D eigenvalue weighted by Crippen LogP contribution is 2.20. The smallest absolute Gasteiger partial charge is 0.252 e. The zero-order chi connectivity index (χ0) is 11.0. The molecule has 2 heteroatoms. The van der Waals surface area contributed by atoms with Crippen molar-refractivity contribution in [3.05, 3.63) is 59.8 Å². The summed E-state index contributed by atoms with van der Waals surface area (Å²) in [6.07, 6.45) is 8.76. The number of carbonyl (C=O) groups excluding carboxylic acids is 1. The molecule has 2 nitrogen and oxygen atoms in total. The van der Waals surface area contributed by atoms with Crippen LogP contribution in [0.1, 0.15) is 15.9 Å². The molecule has 3 rings (SSSR count). The SMILES string of the molecule is O=C1C(=[N+]2C=CC=CC2)Cc2ccccc21. The number of ketones is 1. The van der Waals surface area contributed by atoms with Crippen LogP contribution in [-0.4, -0.2) is 22.6 Å². The summed E-state index contributed by atoms with van der Waals surface area (Å²) < 4.78 is 2.03. The van der Waals surface area contributed by atoms with Crippen LogP contribution in [-0.2, 0) is 6.42 Å². The van der Waals surface area contributed by atoms with Crippen LogP contribution < -0.4 is 0 Å². The molecular weight excluding hydrogens is 198 g/mol. The van der Waals surface area contributed by atoms with Crippen LogP contribution in [0.2, 0.25) is 0 Å². The summed E-state index contributed by atoms with van der Waals surface area (Å²) in [6.45, 7) is 0.797. The quantitative estimate of drug-likeness (QED) is 0.599. The van der Waals surface area contributed by atoms with E-state index in [0.29, 0.717) is 0 Å². The second-order valence-corrected chi connectivity index (χ2v) is 4.03. The van der Waals surface area contributed by atoms with E-state index >= 15 is 0 Å². The van der Waals surface area contributed by atoms with Crippen molar-refractivity contribution in [2.45, 2.75) is 6.42 Å². The summed E-state index contributed by atoms with van der Waals surface area (Å²) in [5.41, 5.74) is 2.90. The first-order chi connectivity index (χ1) is 7.86. The molecule has 1 aliphatic heterocycles. The molecule has 0 spiro atoms. The van der Waals surface area contributed by atoms with Crippen molar-refractivity contribution in [3.63, 3.8) is 0 Å². The fourth-order valence-corrected chi connectivity index (χ4v) is 2.21. The van der Waals surface area contributed by atoms with Crippen LogP contribution in [0.25, 0.3) is 0 Å². The molecule has 2 aliphatic rings. The van der Waals surface area contributed by atoms with Gasteiger partial charge in [-0.2, -0.15) is 4.58 Å². The third-order valence-electron chi connectivity index (χ3n) is 3.04. The number of carbonyl (C=O) groups is 1. The highest BCUT2D eigenvalue weighted by molar-refractivity contribution is 6.47. The third kappa shape index (κ3) is 1.34. The Balaban J connectivity index is 2.07. The van der Waals surface area contributed by atoms with E-state index in [-0.39, 0.29) is 5.78 Å². The lowest BCUT2D eigenvalue weighted by Gasteiger charge is -1.99. The van der Waals surface area contributed by atoms with E-state index in [0.717, 1.165) is 29.8 Å². The summed E-state index contributed by atoms with van der Waals surface area (Å²) in [4.78, 5) is 12.2. The first kappa shape index (κ1) is 9.28. The van der Waals surface area contributed by atoms with Gasteiger partial charge in [-0.15, -0.1) is 0 Å². The number of fused-ring (bicyclic) bond motifs is 1. The normalized spacial score (nSPS) is 22.6. The van der Waals surface area contributed by atoms with Gasteiger partial charge < -0.3 is 0 Å². The maximum Gasteiger partial charge on any atom is 0.252 e. The average molecular weight is 210 g/mol. The Hall–Kier alpha value is -1.96. The highest BCUT2D eigenvalue weighted by atomic mass is 16.1. The molecule has 1 aliphatic carbocycles. The van der Waals surface area contributed by atoms with Crippen LogP contribution in [0.3, 0.4) is 0 Å². The maximum absolute atomic E-state index is 12.2. The molecule has 1 aromatic rings. The fraction of sp³-hybridized carbons (Fsp3) is 0.143. The molecule has 78 valence electrons. The summed E-state index contributed by atoms with van der Waals surface area (Å²) in [7, 11) is 0. The zero-order valence-corrected chi connectivity index (χ0v) is 8.89. The van der Waals surface area contributed by atoms with Gasteiger partial charge in [-0.05, 0) is 11.6 Å². The van der Waals surface area contributed by atoms with Crippen molar-refractivity contribution < 1.29 is 9.37 Å². The fourth-order valence-electron chi connectivity index (χ4n) is 2.21. The molecular formula is C14H12NO+. The van der Waals surface area contributed by atoms with E-state index in [1.807, 2.05) is 47.2 Å². The van der Waals surface area contributed by atoms with E-state index in [9.17, 15) is 4.79 Å². The lowest BCUT2D eigenvalue weighted by Crippen LogP contribution is -2.23. The van der Waals surface area contributed by atoms with Gasteiger partial charge in [0.05, 0.1) is 6.42 Å². The number of hydrogen-bond donors (Lipinski definition) is 0. The predicted octanol–water partition coefficient (Wildman–Crippen LogP) is 1.96. The van der Waals surface area contributed by atoms with E-state index in [2.05, 4.69) is 6.08 Å². The molecule has 0 aromatic heterocycles. The van der Waals surface area contributed by atoms with Gasteiger partial charge in [0.15, 0.2) is 12.7 Å². The van der Waals surface area contributed by atoms with Crippen molar-refractivity contribution in [2.75, 3.05) is 6.54 Å². The van der Waals surface area contributed by atoms with Crippen LogP contribution in [0.15, 0.2) is 48.7 Å². The summed E-state index contributed by atoms with van der Waals surface area (Å²) in [5, 5.41) is 0. The molecule has 0 unspecified atom stereocenters. The number of hydrogen-bond acceptors (Lipinski definition) is 1. The Morgan fingerprint density at radius 3 is 2.75 bits per heavy atom. The van der Waals surface area contributed by atoms with Crippen molar-refractivity contribution >= 4 is 11.5 Å². The Kier molecular flexibility index (Phi) is 2.07. The molecule has 1 heterocycles. The molecule has 0 fully saturated rings. The summed E-state index contributed by atoms with van der Waals surface area (Å²) in [5.74, 6) is 0.176. The lowest BCUT2D eigenvalue weighted by atomic mass is 10.1. The minimum absolute atomic E-state index is 0.176. The monoisotopic (exact) mass is 210 g/mol. The van der Waals surface area contributed by atoms with E-state index in [4.69, 9.17) is 0 Å². The molecule has 16 heavy (non-hydrogen) atoms. The van der Waals surface area contributed by atoms with Crippen LogP contribution >= 0.6 is 0 Å². The Labute approximate surface area is 94.2 Å². The van der Waals surface area contributed by atoms with Gasteiger partial charge in [-0.25, -0.2) is 0 Å². The third-order valence-corrected chi connectivity index (χ3v) is 3.04. The van der Waals surface area contributed by atoms with Gasteiger partial charge in [0.25, 0.3) is 5.78 Å². The van der Waals surface area contributed by atoms with Gasteiger partial charge in [0.2, 0.25) is 5.71 Å². The number of benzene rings is 1. The topological polar surface area (TPSA) is 20.1 Å². The second kappa shape index (κ2) is 3.56. The molecule has 0 saturated heterocycles. The van der Waals surface area contributed by atoms with Crippen molar-refractivity contribution in [3.8, 4) is 0 Å². The molecule has 0 N–H and O–H groups in total. The van der Waals surface area contributed by atoms with Gasteiger partial charge in [0.1, 0.15) is 0 Å². The maximum atomic E-state index is 12.2. The largest absolute Gasteiger partial charge is 0.282 e. The Morgan fingerprint density at radius 2 is 2.00 bits per heavy atom. The Morgan fingerprint density at radius 1 is 1.12 bits per heavy atom. The number of rotatable bonds is 0. The summed E-state index contributed by atoms with van der Waals surface area (Å²) in [6, 6.07) is 7.85. The minimum Gasteiger partial charge on any atom is -0.282 e. The molecule has 0 saturated carbocycles. The Bertz CT molecular complexity index is 550. The molecule has 0 amide bonds. The summed E-state index contributed by atoms with van der Waals surface area (Å²) >= 11 is 0. The van der Waals surface area contributed by atoms with Crippen molar-refractivity contribution in [2.24, 2.45) is 0 Å². The molecule has 0 atom stereocenters. The van der Waals surface area contributed by atoms with E-state index in [1.165, 1.54) is 0 Å². The standard InChI is InChI=1S/C14H12NO/c16-14-12-7-3-2-6-11(12)10-13(14)15-8-4-1-5-9-15/h1-8H,9-10H2/q+1. The van der Waals surface area contributed by atoms with Crippen molar-refractivity contribution in [1.29, 1.82) is 0 Å². The first-order valence-electron chi connectivity index (χ1n) is 5.44. The van der Waals surface area contributed by atoms with Crippen LogP contribution in [0.4, 0.5) is 0 Å². The van der Waals surface area contributed by atoms with Crippen LogP contribution in [0, 0.1) is 0 Å². The zero-order valence-electron chi connectivity index (χ0n) is 8.89. The van der Waals surface area contributed by atoms with Gasteiger partial charge in [-0.1, -0.05) is 30.3 Å². The van der Waals surface area contributed by atoms with E-state index < -0.39 is 0 Å². The van der Waals surface area contributed by atoms with E-state index in [1.54, 1.807) is 0 Å². The van der Waals surface area contributed by atoms with Gasteiger partial charge in [0, 0.05) is 11.6 Å². The minimum atomic E-state index is 0.176. The predicted molar refractivity (Wildman–Crippen MR) is 62.9 cm³/mol. The van der Waals surface area contributed by atoms with Crippen LogP contribution in [0.5, 0.6) is 0 Å². The number of Topliss-reactive ketones (excluding diaryl/α,β-unsaturated/α-hetero) is 1. The number of nitrogens with zero attached hydrogens (tertiary/aromatic N) is 1.